The van der Waals surface area contributed by atoms with Gasteiger partial charge < -0.3 is 5.73 Å². The minimum Gasteiger partial charge on any atom is -0.324 e. The van der Waals surface area contributed by atoms with E-state index in [-0.39, 0.29) is 5.54 Å². The fourth-order valence-corrected chi connectivity index (χ4v) is 4.60. The van der Waals surface area contributed by atoms with Gasteiger partial charge in [0.1, 0.15) is 0 Å². The second kappa shape index (κ2) is 1.69. The molecule has 0 aliphatic heterocycles. The third-order valence-corrected chi connectivity index (χ3v) is 6.49. The van der Waals surface area contributed by atoms with Gasteiger partial charge in [-0.15, -0.1) is 0 Å². The standard InChI is InChI=1S/C9H16BrN/c1-7(2)8(3)4-5-9(7,11)6(8)10/h6H,4-5,11H2,1-3H3/t6-,8-,9+/m1/s1. The molecule has 2 N–H and O–H groups in total. The normalized spacial score (nSPS) is 59.2. The van der Waals surface area contributed by atoms with E-state index in [0.29, 0.717) is 15.7 Å². The molecular formula is C9H16BrN. The van der Waals surface area contributed by atoms with Crippen molar-refractivity contribution in [3.8, 4) is 0 Å². The Morgan fingerprint density at radius 1 is 1.27 bits per heavy atom. The van der Waals surface area contributed by atoms with Gasteiger partial charge in [0, 0.05) is 10.4 Å². The summed E-state index contributed by atoms with van der Waals surface area (Å²) < 4.78 is 0. The van der Waals surface area contributed by atoms with Gasteiger partial charge in [0.2, 0.25) is 0 Å². The van der Waals surface area contributed by atoms with E-state index in [4.69, 9.17) is 5.73 Å². The molecule has 0 aromatic rings. The van der Waals surface area contributed by atoms with E-state index in [1.807, 2.05) is 0 Å². The second-order valence-corrected chi connectivity index (χ2v) is 5.86. The number of hydrogen-bond donors (Lipinski definition) is 1. The van der Waals surface area contributed by atoms with Crippen LogP contribution in [-0.2, 0) is 0 Å². The van der Waals surface area contributed by atoms with Gasteiger partial charge in [0.25, 0.3) is 0 Å². The molecule has 3 saturated carbocycles. The molecule has 3 rings (SSSR count). The Hall–Kier alpha value is 0.440. The monoisotopic (exact) mass is 217 g/mol. The Balaban J connectivity index is 2.45. The third-order valence-electron chi connectivity index (χ3n) is 4.66. The highest BCUT2D eigenvalue weighted by molar-refractivity contribution is 9.09. The quantitative estimate of drug-likeness (QED) is 0.620. The van der Waals surface area contributed by atoms with Crippen molar-refractivity contribution in [1.29, 1.82) is 0 Å². The van der Waals surface area contributed by atoms with Crippen LogP contribution in [0.4, 0.5) is 0 Å². The molecule has 0 amide bonds. The minimum absolute atomic E-state index is 0.0712. The van der Waals surface area contributed by atoms with Crippen LogP contribution in [0.1, 0.15) is 33.6 Å². The van der Waals surface area contributed by atoms with Crippen LogP contribution in [-0.4, -0.2) is 10.4 Å². The van der Waals surface area contributed by atoms with Crippen molar-refractivity contribution in [2.75, 3.05) is 0 Å². The lowest BCUT2D eigenvalue weighted by Crippen LogP contribution is -2.73. The zero-order valence-electron chi connectivity index (χ0n) is 7.45. The Bertz CT molecular complexity index is 188. The number of rotatable bonds is 0. The largest absolute Gasteiger partial charge is 0.324 e. The smallest absolute Gasteiger partial charge is 0.0390 e. The predicted octanol–water partition coefficient (Wildman–Crippen LogP) is 2.29. The fourth-order valence-electron chi connectivity index (χ4n) is 3.00. The van der Waals surface area contributed by atoms with Gasteiger partial charge in [-0.25, -0.2) is 0 Å². The van der Waals surface area contributed by atoms with Crippen molar-refractivity contribution < 1.29 is 0 Å². The van der Waals surface area contributed by atoms with E-state index in [9.17, 15) is 0 Å². The summed E-state index contributed by atoms with van der Waals surface area (Å²) in [6.45, 7) is 6.96. The lowest BCUT2D eigenvalue weighted by Gasteiger charge is -2.63. The van der Waals surface area contributed by atoms with Crippen LogP contribution < -0.4 is 5.73 Å². The number of nitrogens with two attached hydrogens (primary N) is 1. The summed E-state index contributed by atoms with van der Waals surface area (Å²) in [6.07, 6.45) is 2.47. The summed E-state index contributed by atoms with van der Waals surface area (Å²) >= 11 is 3.72. The highest BCUT2D eigenvalue weighted by Gasteiger charge is 2.75. The molecule has 0 aromatic carbocycles. The highest BCUT2D eigenvalue weighted by Crippen LogP contribution is 2.73. The van der Waals surface area contributed by atoms with E-state index in [1.54, 1.807) is 0 Å². The first kappa shape index (κ1) is 8.06. The van der Waals surface area contributed by atoms with Gasteiger partial charge in [-0.05, 0) is 23.7 Å². The second-order valence-electron chi connectivity index (χ2n) is 4.95. The van der Waals surface area contributed by atoms with E-state index >= 15 is 0 Å². The molecule has 3 aliphatic carbocycles. The number of hydrogen-bond acceptors (Lipinski definition) is 1. The van der Waals surface area contributed by atoms with E-state index in [2.05, 4.69) is 36.7 Å². The van der Waals surface area contributed by atoms with Crippen molar-refractivity contribution in [2.24, 2.45) is 16.6 Å². The van der Waals surface area contributed by atoms with Gasteiger partial charge in [-0.1, -0.05) is 36.7 Å². The van der Waals surface area contributed by atoms with Crippen LogP contribution in [0.2, 0.25) is 0 Å². The summed E-state index contributed by atoms with van der Waals surface area (Å²) in [5, 5.41) is 0. The Morgan fingerprint density at radius 2 is 1.82 bits per heavy atom. The van der Waals surface area contributed by atoms with Crippen LogP contribution in [0, 0.1) is 10.8 Å². The summed E-state index contributed by atoms with van der Waals surface area (Å²) in [7, 11) is 0. The van der Waals surface area contributed by atoms with Crippen molar-refractivity contribution >= 4 is 15.9 Å². The summed E-state index contributed by atoms with van der Waals surface area (Å²) in [6, 6.07) is 0. The lowest BCUT2D eigenvalue weighted by atomic mass is 9.48. The van der Waals surface area contributed by atoms with Gasteiger partial charge in [0.05, 0.1) is 0 Å². The first-order valence-electron chi connectivity index (χ1n) is 4.29. The molecule has 0 aromatic heterocycles. The number of fused-ring (bicyclic) bond motifs is 1. The summed E-state index contributed by atoms with van der Waals surface area (Å²) in [5.41, 5.74) is 7.15. The topological polar surface area (TPSA) is 26.0 Å². The lowest BCUT2D eigenvalue weighted by molar-refractivity contribution is -0.0476. The van der Waals surface area contributed by atoms with E-state index in [0.717, 1.165) is 0 Å². The van der Waals surface area contributed by atoms with Crippen molar-refractivity contribution in [3.05, 3.63) is 0 Å². The molecule has 1 nitrogen and oxygen atoms in total. The molecule has 0 heterocycles. The van der Waals surface area contributed by atoms with Crippen LogP contribution in [0.5, 0.6) is 0 Å². The maximum absolute atomic E-state index is 6.30. The van der Waals surface area contributed by atoms with Crippen LogP contribution in [0.15, 0.2) is 0 Å². The average molecular weight is 218 g/mol. The molecule has 2 bridgehead atoms. The molecule has 0 spiro atoms. The Kier molecular flexibility index (Phi) is 1.24. The maximum atomic E-state index is 6.30. The van der Waals surface area contributed by atoms with Gasteiger partial charge in [0.15, 0.2) is 0 Å². The van der Waals surface area contributed by atoms with Crippen LogP contribution in [0.25, 0.3) is 0 Å². The van der Waals surface area contributed by atoms with Gasteiger partial charge in [-0.2, -0.15) is 0 Å². The Labute approximate surface area is 76.9 Å². The molecule has 11 heavy (non-hydrogen) atoms. The fraction of sp³-hybridized carbons (Fsp3) is 1.00. The molecule has 0 radical (unpaired) electrons. The van der Waals surface area contributed by atoms with Gasteiger partial charge in [-0.3, -0.25) is 0 Å². The predicted molar refractivity (Wildman–Crippen MR) is 50.8 cm³/mol. The zero-order chi connectivity index (χ0) is 8.49. The number of halogens is 1. The highest BCUT2D eigenvalue weighted by atomic mass is 79.9. The maximum Gasteiger partial charge on any atom is 0.0390 e. The average Bonchev–Trinajstić information content (AvgIpc) is 2.26. The molecule has 64 valence electrons. The molecule has 0 saturated heterocycles. The Morgan fingerprint density at radius 3 is 1.91 bits per heavy atom. The van der Waals surface area contributed by atoms with Crippen LogP contribution >= 0.6 is 15.9 Å². The van der Waals surface area contributed by atoms with Crippen molar-refractivity contribution in [3.63, 3.8) is 0 Å². The molecular weight excluding hydrogens is 202 g/mol. The first-order valence-corrected chi connectivity index (χ1v) is 5.21. The molecule has 3 fully saturated rings. The SMILES string of the molecule is CC1(C)[C@]2(C)CC[C@]1(N)[C@@H]2Br. The minimum atomic E-state index is 0.0712. The summed E-state index contributed by atoms with van der Waals surface area (Å²) in [5.74, 6) is 0. The summed E-state index contributed by atoms with van der Waals surface area (Å²) in [4.78, 5) is 0.539. The first-order chi connectivity index (χ1) is 4.86. The molecule has 3 atom stereocenters. The van der Waals surface area contributed by atoms with Gasteiger partial charge >= 0.3 is 0 Å². The molecule has 3 aliphatic rings. The number of alkyl halides is 1. The molecule has 2 heteroatoms. The zero-order valence-corrected chi connectivity index (χ0v) is 9.03. The van der Waals surface area contributed by atoms with E-state index in [1.165, 1.54) is 12.8 Å². The van der Waals surface area contributed by atoms with Crippen molar-refractivity contribution in [1.82, 2.24) is 0 Å². The molecule has 0 unspecified atom stereocenters. The van der Waals surface area contributed by atoms with Crippen LogP contribution in [0.3, 0.4) is 0 Å². The van der Waals surface area contributed by atoms with Crippen molar-refractivity contribution in [2.45, 2.75) is 44.0 Å². The van der Waals surface area contributed by atoms with E-state index < -0.39 is 0 Å². The third kappa shape index (κ3) is 0.531.